The molecule has 1 aliphatic rings. The molecule has 128 valence electrons. The Morgan fingerprint density at radius 1 is 1.17 bits per heavy atom. The maximum atomic E-state index is 13.0. The third-order valence-electron chi connectivity index (χ3n) is 4.13. The van der Waals surface area contributed by atoms with Gasteiger partial charge < -0.3 is 16.2 Å². The lowest BCUT2D eigenvalue weighted by Gasteiger charge is -2.30. The number of likely N-dealkylation sites (tertiary alicyclic amines) is 1. The summed E-state index contributed by atoms with van der Waals surface area (Å²) in [6.07, 6.45) is 1.94. The van der Waals surface area contributed by atoms with Crippen LogP contribution in [0.25, 0.3) is 0 Å². The van der Waals surface area contributed by atoms with Crippen LogP contribution >= 0.6 is 0 Å². The van der Waals surface area contributed by atoms with Gasteiger partial charge in [-0.2, -0.15) is 15.0 Å². The van der Waals surface area contributed by atoms with E-state index in [0.717, 1.165) is 25.9 Å². The highest BCUT2D eigenvalue weighted by molar-refractivity contribution is 5.53. The molecule has 0 atom stereocenters. The summed E-state index contributed by atoms with van der Waals surface area (Å²) in [6, 6.07) is 5.93. The quantitative estimate of drug-likeness (QED) is 0.763. The lowest BCUT2D eigenvalue weighted by Crippen LogP contribution is -2.34. The number of nitrogens with one attached hydrogen (secondary N) is 1. The Balaban J connectivity index is 1.66. The molecule has 24 heavy (non-hydrogen) atoms. The molecule has 0 spiro atoms. The predicted molar refractivity (Wildman–Crippen MR) is 89.0 cm³/mol. The van der Waals surface area contributed by atoms with Crippen LogP contribution in [0, 0.1) is 11.7 Å². The third-order valence-corrected chi connectivity index (χ3v) is 4.13. The van der Waals surface area contributed by atoms with E-state index in [9.17, 15) is 9.50 Å². The Bertz CT molecular complexity index is 673. The fourth-order valence-electron chi connectivity index (χ4n) is 2.75. The van der Waals surface area contributed by atoms with Gasteiger partial charge in [-0.05, 0) is 56.1 Å². The van der Waals surface area contributed by atoms with E-state index in [2.05, 4.69) is 25.2 Å². The number of aromatic nitrogens is 3. The first-order valence-electron chi connectivity index (χ1n) is 7.98. The Hall–Kier alpha value is -2.32. The lowest BCUT2D eigenvalue weighted by molar-refractivity contribution is 0.125. The van der Waals surface area contributed by atoms with Gasteiger partial charge in [0.1, 0.15) is 11.6 Å². The molecule has 2 heterocycles. The number of hydrogen-bond donors (Lipinski definition) is 3. The number of anilines is 3. The molecular weight excluding hydrogens is 311 g/mol. The molecule has 1 aromatic carbocycles. The van der Waals surface area contributed by atoms with E-state index in [4.69, 9.17) is 5.73 Å². The summed E-state index contributed by atoms with van der Waals surface area (Å²) in [5.41, 5.74) is 6.45. The maximum Gasteiger partial charge on any atom is 0.232 e. The summed E-state index contributed by atoms with van der Waals surface area (Å²) in [5.74, 6) is 1.17. The fourth-order valence-corrected chi connectivity index (χ4v) is 2.75. The first-order valence-corrected chi connectivity index (χ1v) is 7.98. The van der Waals surface area contributed by atoms with Gasteiger partial charge in [0, 0.05) is 12.3 Å². The van der Waals surface area contributed by atoms with E-state index in [1.807, 2.05) is 0 Å². The molecule has 0 unspecified atom stereocenters. The highest BCUT2D eigenvalue weighted by Crippen LogP contribution is 2.19. The van der Waals surface area contributed by atoms with Crippen LogP contribution in [0.1, 0.15) is 18.7 Å². The van der Waals surface area contributed by atoms with E-state index in [-0.39, 0.29) is 18.4 Å². The molecule has 4 N–H and O–H groups in total. The van der Waals surface area contributed by atoms with Crippen LogP contribution in [0.5, 0.6) is 0 Å². The molecule has 1 fully saturated rings. The molecule has 0 radical (unpaired) electrons. The second-order valence-corrected chi connectivity index (χ2v) is 5.97. The molecule has 1 aliphatic heterocycles. The average Bonchev–Trinajstić information content (AvgIpc) is 2.57. The van der Waals surface area contributed by atoms with Crippen molar-refractivity contribution < 1.29 is 9.50 Å². The van der Waals surface area contributed by atoms with Crippen LogP contribution in [0.15, 0.2) is 24.3 Å². The summed E-state index contributed by atoms with van der Waals surface area (Å²) in [4.78, 5) is 14.9. The number of piperidine rings is 1. The minimum Gasteiger partial charge on any atom is -0.396 e. The van der Waals surface area contributed by atoms with Gasteiger partial charge in [0.25, 0.3) is 0 Å². The molecular formula is C16H21FN6O. The number of benzene rings is 1. The number of hydrogen-bond acceptors (Lipinski definition) is 7. The van der Waals surface area contributed by atoms with Gasteiger partial charge in [0.15, 0.2) is 0 Å². The normalized spacial score (nSPS) is 16.2. The minimum absolute atomic E-state index is 0.148. The Morgan fingerprint density at radius 2 is 1.88 bits per heavy atom. The van der Waals surface area contributed by atoms with Crippen molar-refractivity contribution in [2.24, 2.45) is 5.92 Å². The number of nitrogens with two attached hydrogens (primary N) is 1. The van der Waals surface area contributed by atoms with Crippen molar-refractivity contribution in [1.29, 1.82) is 0 Å². The topological polar surface area (TPSA) is 100 Å². The van der Waals surface area contributed by atoms with Crippen molar-refractivity contribution in [1.82, 2.24) is 19.9 Å². The largest absolute Gasteiger partial charge is 0.396 e. The Kier molecular flexibility index (Phi) is 5.17. The summed E-state index contributed by atoms with van der Waals surface area (Å²) >= 11 is 0. The molecule has 1 saturated heterocycles. The van der Waals surface area contributed by atoms with E-state index in [0.29, 0.717) is 29.9 Å². The number of aliphatic hydroxyl groups is 1. The molecule has 0 aliphatic carbocycles. The Labute approximate surface area is 139 Å². The second-order valence-electron chi connectivity index (χ2n) is 5.97. The van der Waals surface area contributed by atoms with Gasteiger partial charge in [-0.15, -0.1) is 0 Å². The lowest BCUT2D eigenvalue weighted by atomic mass is 9.98. The zero-order chi connectivity index (χ0) is 16.9. The molecule has 0 amide bonds. The van der Waals surface area contributed by atoms with E-state index >= 15 is 0 Å². The molecule has 1 aromatic heterocycles. The van der Waals surface area contributed by atoms with Crippen LogP contribution in [0.3, 0.4) is 0 Å². The third kappa shape index (κ3) is 4.36. The van der Waals surface area contributed by atoms with Crippen LogP contribution in [-0.2, 0) is 6.54 Å². The average molecular weight is 332 g/mol. The van der Waals surface area contributed by atoms with Crippen LogP contribution in [0.4, 0.5) is 22.0 Å². The number of nitrogens with zero attached hydrogens (tertiary/aromatic N) is 4. The van der Waals surface area contributed by atoms with Gasteiger partial charge in [-0.3, -0.25) is 4.90 Å². The SMILES string of the molecule is Nc1nc(CN2CCC(CO)CC2)nc(Nc2ccc(F)cc2)n1. The summed E-state index contributed by atoms with van der Waals surface area (Å²) in [7, 11) is 0. The number of rotatable bonds is 5. The molecule has 7 nitrogen and oxygen atoms in total. The fraction of sp³-hybridized carbons (Fsp3) is 0.438. The van der Waals surface area contributed by atoms with Crippen molar-refractivity contribution in [3.05, 3.63) is 35.9 Å². The monoisotopic (exact) mass is 332 g/mol. The molecule has 0 bridgehead atoms. The van der Waals surface area contributed by atoms with Crippen LogP contribution in [-0.4, -0.2) is 44.7 Å². The van der Waals surface area contributed by atoms with E-state index < -0.39 is 0 Å². The van der Waals surface area contributed by atoms with Crippen LogP contribution < -0.4 is 11.1 Å². The van der Waals surface area contributed by atoms with Gasteiger partial charge >= 0.3 is 0 Å². The van der Waals surface area contributed by atoms with E-state index in [1.54, 1.807) is 12.1 Å². The Morgan fingerprint density at radius 3 is 2.54 bits per heavy atom. The van der Waals surface area contributed by atoms with Crippen molar-refractivity contribution in [3.8, 4) is 0 Å². The predicted octanol–water partition coefficient (Wildman–Crippen LogP) is 1.54. The molecule has 2 aromatic rings. The zero-order valence-corrected chi connectivity index (χ0v) is 13.3. The van der Waals surface area contributed by atoms with Gasteiger partial charge in [0.05, 0.1) is 6.54 Å². The first-order chi connectivity index (χ1) is 11.6. The number of halogens is 1. The second kappa shape index (κ2) is 7.50. The summed E-state index contributed by atoms with van der Waals surface area (Å²) in [5, 5.41) is 12.2. The van der Waals surface area contributed by atoms with Crippen molar-refractivity contribution in [2.75, 3.05) is 30.7 Å². The summed E-state index contributed by atoms with van der Waals surface area (Å²) < 4.78 is 13.0. The first kappa shape index (κ1) is 16.5. The summed E-state index contributed by atoms with van der Waals surface area (Å²) in [6.45, 7) is 2.64. The van der Waals surface area contributed by atoms with Gasteiger partial charge in [-0.1, -0.05) is 0 Å². The molecule has 3 rings (SSSR count). The van der Waals surface area contributed by atoms with E-state index in [1.165, 1.54) is 12.1 Å². The zero-order valence-electron chi connectivity index (χ0n) is 13.3. The van der Waals surface area contributed by atoms with Crippen molar-refractivity contribution in [3.63, 3.8) is 0 Å². The minimum atomic E-state index is -0.303. The molecule has 0 saturated carbocycles. The van der Waals surface area contributed by atoms with Crippen molar-refractivity contribution in [2.45, 2.75) is 19.4 Å². The van der Waals surface area contributed by atoms with Gasteiger partial charge in [-0.25, -0.2) is 4.39 Å². The maximum absolute atomic E-state index is 13.0. The molecule has 8 heteroatoms. The smallest absolute Gasteiger partial charge is 0.232 e. The van der Waals surface area contributed by atoms with Crippen molar-refractivity contribution >= 4 is 17.6 Å². The highest BCUT2D eigenvalue weighted by Gasteiger charge is 2.19. The number of aliphatic hydroxyl groups excluding tert-OH is 1. The standard InChI is InChI=1S/C16H21FN6O/c17-12-1-3-13(4-2-12)19-16-21-14(20-15(18)22-16)9-23-7-5-11(10-24)6-8-23/h1-4,11,24H,5-10H2,(H3,18,19,20,21,22). The van der Waals surface area contributed by atoms with Crippen LogP contribution in [0.2, 0.25) is 0 Å². The number of nitrogen functional groups attached to an aromatic ring is 1. The van der Waals surface area contributed by atoms with Gasteiger partial charge in [0.2, 0.25) is 11.9 Å². The highest BCUT2D eigenvalue weighted by atomic mass is 19.1.